The van der Waals surface area contributed by atoms with E-state index in [-0.39, 0.29) is 36.0 Å². The summed E-state index contributed by atoms with van der Waals surface area (Å²) in [7, 11) is 0. The topological polar surface area (TPSA) is 21.7 Å². The van der Waals surface area contributed by atoms with Crippen molar-refractivity contribution in [1.29, 1.82) is 0 Å². The first kappa shape index (κ1) is 15.4. The quantitative estimate of drug-likeness (QED) is 0.784. The Morgan fingerprint density at radius 1 is 1.08 bits per heavy atom. The van der Waals surface area contributed by atoms with Crippen LogP contribution in [-0.4, -0.2) is 17.3 Å². The third kappa shape index (κ3) is 2.39. The Kier molecular flexibility index (Phi) is 3.57. The minimum Gasteiger partial charge on any atom is -0.490 e. The van der Waals surface area contributed by atoms with Crippen LogP contribution in [-0.2, 0) is 4.84 Å². The Bertz CT molecular complexity index is 781. The molecular formula is C21H22FNO2. The molecule has 25 heavy (non-hydrogen) atoms. The van der Waals surface area contributed by atoms with E-state index in [4.69, 9.17) is 9.57 Å². The number of fused-ring (bicyclic) bond motifs is 2. The van der Waals surface area contributed by atoms with Gasteiger partial charge in [0, 0.05) is 11.5 Å². The molecular weight excluding hydrogens is 317 g/mol. The van der Waals surface area contributed by atoms with Crippen LogP contribution in [0.1, 0.15) is 49.4 Å². The molecule has 130 valence electrons. The van der Waals surface area contributed by atoms with E-state index in [0.29, 0.717) is 0 Å². The molecule has 3 nitrogen and oxygen atoms in total. The van der Waals surface area contributed by atoms with Crippen molar-refractivity contribution in [3.05, 3.63) is 65.5 Å². The lowest BCUT2D eigenvalue weighted by atomic mass is 9.75. The first-order valence-corrected chi connectivity index (χ1v) is 9.18. The smallest absolute Gasteiger partial charge is 0.124 e. The van der Waals surface area contributed by atoms with Gasteiger partial charge in [0.25, 0.3) is 0 Å². The molecule has 5 rings (SSSR count). The molecule has 5 atom stereocenters. The molecule has 4 heteroatoms. The number of rotatable bonds is 2. The first-order valence-electron chi connectivity index (χ1n) is 9.18. The fourth-order valence-electron chi connectivity index (χ4n) is 4.78. The van der Waals surface area contributed by atoms with Crippen molar-refractivity contribution < 1.29 is 14.0 Å². The van der Waals surface area contributed by atoms with Crippen LogP contribution in [0.25, 0.3) is 0 Å². The third-order valence-electron chi connectivity index (χ3n) is 5.96. The van der Waals surface area contributed by atoms with Gasteiger partial charge in [-0.05, 0) is 49.9 Å². The molecule has 0 radical (unpaired) electrons. The van der Waals surface area contributed by atoms with Gasteiger partial charge in [-0.3, -0.25) is 4.84 Å². The molecule has 0 unspecified atom stereocenters. The molecule has 0 N–H and O–H groups in total. The summed E-state index contributed by atoms with van der Waals surface area (Å²) in [6.07, 6.45) is 3.53. The summed E-state index contributed by atoms with van der Waals surface area (Å²) in [5, 5.41) is 2.10. The Morgan fingerprint density at radius 2 is 1.88 bits per heavy atom. The molecule has 3 aliphatic rings. The van der Waals surface area contributed by atoms with E-state index in [9.17, 15) is 4.39 Å². The van der Waals surface area contributed by atoms with E-state index in [1.54, 1.807) is 12.1 Å². The number of nitrogens with zero attached hydrogens (tertiary/aromatic N) is 1. The second-order valence-electron chi connectivity index (χ2n) is 7.38. The summed E-state index contributed by atoms with van der Waals surface area (Å²) < 4.78 is 20.2. The van der Waals surface area contributed by atoms with Gasteiger partial charge in [-0.25, -0.2) is 4.39 Å². The van der Waals surface area contributed by atoms with Gasteiger partial charge in [0.15, 0.2) is 0 Å². The number of benzene rings is 2. The summed E-state index contributed by atoms with van der Waals surface area (Å²) in [5.74, 6) is 0.866. The fourth-order valence-corrected chi connectivity index (χ4v) is 4.78. The van der Waals surface area contributed by atoms with E-state index in [2.05, 4.69) is 36.3 Å². The molecule has 2 aromatic rings. The minimum atomic E-state index is -0.215. The van der Waals surface area contributed by atoms with Gasteiger partial charge >= 0.3 is 0 Å². The summed E-state index contributed by atoms with van der Waals surface area (Å²) in [6, 6.07) is 15.4. The lowest BCUT2D eigenvalue weighted by Crippen LogP contribution is -2.43. The standard InChI is InChI=1S/C21H22FNO2/c1-13(14-6-3-2-4-7-14)23-21-16-12-15(22)10-11-17(16)24-18-8-5-9-19(25-23)20(18)21/h2-4,6-7,10-13,18-21H,5,8-9H2,1H3/t13-,18+,19-,20+,21+/m1/s1. The highest BCUT2D eigenvalue weighted by atomic mass is 19.1. The highest BCUT2D eigenvalue weighted by molar-refractivity contribution is 5.40. The van der Waals surface area contributed by atoms with Crippen LogP contribution in [0.5, 0.6) is 5.75 Å². The SMILES string of the molecule is C[C@H](c1ccccc1)N1O[C@@H]2CCC[C@@H]3Oc4ccc(F)cc4[C@H]1[C@@H]32. The fraction of sp³-hybridized carbons (Fsp3) is 0.429. The summed E-state index contributed by atoms with van der Waals surface area (Å²) in [4.78, 5) is 6.42. The lowest BCUT2D eigenvalue weighted by Gasteiger charge is -2.41. The Morgan fingerprint density at radius 3 is 2.72 bits per heavy atom. The van der Waals surface area contributed by atoms with Crippen LogP contribution in [0.3, 0.4) is 0 Å². The van der Waals surface area contributed by atoms with Crippen molar-refractivity contribution in [3.8, 4) is 5.75 Å². The predicted molar refractivity (Wildman–Crippen MR) is 92.5 cm³/mol. The van der Waals surface area contributed by atoms with Gasteiger partial charge in [0.2, 0.25) is 0 Å². The summed E-state index contributed by atoms with van der Waals surface area (Å²) in [6.45, 7) is 2.16. The molecule has 2 fully saturated rings. The zero-order valence-electron chi connectivity index (χ0n) is 14.3. The van der Waals surface area contributed by atoms with Gasteiger partial charge < -0.3 is 4.74 Å². The molecule has 0 amide bonds. The van der Waals surface area contributed by atoms with E-state index in [1.807, 2.05) is 6.07 Å². The Labute approximate surface area is 147 Å². The number of halogens is 1. The van der Waals surface area contributed by atoms with Crippen molar-refractivity contribution in [3.63, 3.8) is 0 Å². The molecule has 1 saturated heterocycles. The zero-order valence-corrected chi connectivity index (χ0v) is 14.3. The van der Waals surface area contributed by atoms with Crippen LogP contribution in [0.2, 0.25) is 0 Å². The van der Waals surface area contributed by atoms with E-state index in [1.165, 1.54) is 11.6 Å². The average molecular weight is 339 g/mol. The summed E-state index contributed by atoms with van der Waals surface area (Å²) >= 11 is 0. The molecule has 0 aromatic heterocycles. The largest absolute Gasteiger partial charge is 0.490 e. The second kappa shape index (κ2) is 5.82. The summed E-state index contributed by atoms with van der Waals surface area (Å²) in [5.41, 5.74) is 2.13. The number of hydroxylamine groups is 2. The Balaban J connectivity index is 1.59. The van der Waals surface area contributed by atoms with Gasteiger partial charge in [-0.15, -0.1) is 0 Å². The highest BCUT2D eigenvalue weighted by Crippen LogP contribution is 2.54. The van der Waals surface area contributed by atoms with Crippen molar-refractivity contribution >= 4 is 0 Å². The minimum absolute atomic E-state index is 0.0463. The average Bonchev–Trinajstić information content (AvgIpc) is 3.04. The third-order valence-corrected chi connectivity index (χ3v) is 5.96. The van der Waals surface area contributed by atoms with Crippen LogP contribution in [0, 0.1) is 11.7 Å². The lowest BCUT2D eigenvalue weighted by molar-refractivity contribution is -0.191. The first-order chi connectivity index (χ1) is 12.2. The normalized spacial score (nSPS) is 31.8. The van der Waals surface area contributed by atoms with E-state index in [0.717, 1.165) is 30.6 Å². The van der Waals surface area contributed by atoms with Crippen LogP contribution in [0.4, 0.5) is 4.39 Å². The highest BCUT2D eigenvalue weighted by Gasteiger charge is 2.54. The zero-order chi connectivity index (χ0) is 17.0. The Hall–Kier alpha value is -1.91. The molecule has 2 aromatic carbocycles. The maximum Gasteiger partial charge on any atom is 0.124 e. The van der Waals surface area contributed by atoms with Crippen molar-refractivity contribution in [2.45, 2.75) is 50.5 Å². The number of ether oxygens (including phenoxy) is 1. The van der Waals surface area contributed by atoms with Gasteiger partial charge in [0.05, 0.1) is 18.2 Å². The molecule has 1 aliphatic carbocycles. The predicted octanol–water partition coefficient (Wildman–Crippen LogP) is 4.80. The van der Waals surface area contributed by atoms with Crippen molar-refractivity contribution in [2.24, 2.45) is 5.92 Å². The van der Waals surface area contributed by atoms with Gasteiger partial charge in [-0.1, -0.05) is 30.3 Å². The van der Waals surface area contributed by atoms with Crippen LogP contribution >= 0.6 is 0 Å². The van der Waals surface area contributed by atoms with Gasteiger partial charge in [0.1, 0.15) is 17.7 Å². The van der Waals surface area contributed by atoms with Crippen LogP contribution < -0.4 is 4.74 Å². The molecule has 2 aliphatic heterocycles. The van der Waals surface area contributed by atoms with Crippen molar-refractivity contribution in [2.75, 3.05) is 0 Å². The van der Waals surface area contributed by atoms with Gasteiger partial charge in [-0.2, -0.15) is 5.06 Å². The molecule has 2 heterocycles. The molecule has 1 saturated carbocycles. The van der Waals surface area contributed by atoms with E-state index >= 15 is 0 Å². The molecule has 0 spiro atoms. The monoisotopic (exact) mass is 339 g/mol. The van der Waals surface area contributed by atoms with E-state index < -0.39 is 0 Å². The van der Waals surface area contributed by atoms with Crippen molar-refractivity contribution in [1.82, 2.24) is 5.06 Å². The maximum absolute atomic E-state index is 14.0. The molecule has 0 bridgehead atoms. The maximum atomic E-state index is 14.0. The second-order valence-corrected chi connectivity index (χ2v) is 7.38. The van der Waals surface area contributed by atoms with Crippen LogP contribution in [0.15, 0.2) is 48.5 Å². The number of hydrogen-bond donors (Lipinski definition) is 0. The number of hydrogen-bond acceptors (Lipinski definition) is 3.